The lowest BCUT2D eigenvalue weighted by Gasteiger charge is -2.35. The third kappa shape index (κ3) is 3.41. The van der Waals surface area contributed by atoms with Crippen molar-refractivity contribution >= 4 is 33.0 Å². The average molecular weight is 470 g/mol. The fourth-order valence-corrected chi connectivity index (χ4v) is 5.00. The third-order valence-corrected chi connectivity index (χ3v) is 6.80. The van der Waals surface area contributed by atoms with E-state index in [-0.39, 0.29) is 12.6 Å². The molecule has 5 aromatic rings. The average Bonchev–Trinajstić information content (AvgIpc) is 3.32. The Labute approximate surface area is 198 Å². The van der Waals surface area contributed by atoms with Gasteiger partial charge in [0, 0.05) is 54.4 Å². The van der Waals surface area contributed by atoms with Crippen molar-refractivity contribution in [1.82, 2.24) is 34.4 Å². The molecule has 1 aliphatic rings. The lowest BCUT2D eigenvalue weighted by Crippen LogP contribution is -2.40. The molecule has 5 aromatic heterocycles. The molecule has 6 heterocycles. The van der Waals surface area contributed by atoms with Crippen LogP contribution in [0, 0.1) is 0 Å². The van der Waals surface area contributed by atoms with Crippen molar-refractivity contribution in [2.24, 2.45) is 0 Å². The second-order valence-electron chi connectivity index (χ2n) is 8.76. The zero-order valence-corrected chi connectivity index (χ0v) is 18.9. The Balaban J connectivity index is 1.56. The van der Waals surface area contributed by atoms with Gasteiger partial charge in [-0.15, -0.1) is 0 Å². The van der Waals surface area contributed by atoms with Crippen molar-refractivity contribution < 1.29 is 5.11 Å². The molecule has 6 rings (SSSR count). The Kier molecular flexibility index (Phi) is 4.96. The highest BCUT2D eigenvalue weighted by molar-refractivity contribution is 6.02. The van der Waals surface area contributed by atoms with Gasteiger partial charge in [0.2, 0.25) is 0 Å². The highest BCUT2D eigenvalue weighted by Crippen LogP contribution is 2.31. The minimum atomic E-state index is -0.481. The molecule has 0 unspecified atom stereocenters. The van der Waals surface area contributed by atoms with Crippen LogP contribution in [0.25, 0.3) is 44.2 Å². The Morgan fingerprint density at radius 2 is 1.97 bits per heavy atom. The van der Waals surface area contributed by atoms with E-state index in [9.17, 15) is 14.7 Å². The molecule has 0 aliphatic carbocycles. The quantitative estimate of drug-likeness (QED) is 0.344. The smallest absolute Gasteiger partial charge is 0.329 e. The number of fused-ring (bicyclic) bond motifs is 4. The van der Waals surface area contributed by atoms with Gasteiger partial charge >= 0.3 is 5.69 Å². The van der Waals surface area contributed by atoms with Gasteiger partial charge in [-0.25, -0.2) is 14.8 Å². The molecule has 3 N–H and O–H groups in total. The van der Waals surface area contributed by atoms with E-state index in [4.69, 9.17) is 4.98 Å². The van der Waals surface area contributed by atoms with E-state index >= 15 is 0 Å². The number of hydrogen-bond acceptors (Lipinski definition) is 7. The molecular formula is C25H23N7O3. The maximum Gasteiger partial charge on any atom is 0.329 e. The molecule has 1 saturated heterocycles. The van der Waals surface area contributed by atoms with Gasteiger partial charge in [-0.3, -0.25) is 19.3 Å². The van der Waals surface area contributed by atoms with E-state index in [1.807, 2.05) is 35.4 Å². The number of hydrogen-bond donors (Lipinski definition) is 3. The van der Waals surface area contributed by atoms with Gasteiger partial charge in [0.1, 0.15) is 11.2 Å². The van der Waals surface area contributed by atoms with Crippen LogP contribution in [0.15, 0.2) is 64.7 Å². The van der Waals surface area contributed by atoms with Gasteiger partial charge in [0.15, 0.2) is 0 Å². The van der Waals surface area contributed by atoms with E-state index in [1.165, 1.54) is 6.20 Å². The van der Waals surface area contributed by atoms with Crippen LogP contribution in [0.1, 0.15) is 18.9 Å². The van der Waals surface area contributed by atoms with Crippen LogP contribution >= 0.6 is 0 Å². The van der Waals surface area contributed by atoms with Crippen molar-refractivity contribution in [2.45, 2.75) is 18.9 Å². The number of nitrogens with one attached hydrogen (secondary N) is 2. The molecule has 0 bridgehead atoms. The maximum atomic E-state index is 13.1. The first-order valence-electron chi connectivity index (χ1n) is 11.5. The van der Waals surface area contributed by atoms with E-state index in [0.717, 1.165) is 16.6 Å². The SMILES string of the molecule is C=C(CO)N1CCC(n2c(=O)[nH]c(=O)c3cnc4ccc(-c5c[nH]c6ncccc56)nc4c32)CC1. The first-order valence-corrected chi connectivity index (χ1v) is 11.5. The summed E-state index contributed by atoms with van der Waals surface area (Å²) < 4.78 is 1.66. The molecule has 0 atom stereocenters. The van der Waals surface area contributed by atoms with E-state index < -0.39 is 11.2 Å². The zero-order chi connectivity index (χ0) is 24.1. The molecule has 0 radical (unpaired) electrons. The molecule has 176 valence electrons. The normalized spacial score (nSPS) is 14.8. The molecule has 1 aliphatic heterocycles. The number of rotatable bonds is 4. The number of pyridine rings is 3. The minimum absolute atomic E-state index is 0.0986. The first-order chi connectivity index (χ1) is 17.0. The van der Waals surface area contributed by atoms with Crippen molar-refractivity contribution in [3.8, 4) is 11.3 Å². The summed E-state index contributed by atoms with van der Waals surface area (Å²) in [6.07, 6.45) is 6.41. The molecule has 0 saturated carbocycles. The van der Waals surface area contributed by atoms with Gasteiger partial charge in [-0.05, 0) is 37.1 Å². The topological polar surface area (TPSA) is 133 Å². The molecule has 1 fully saturated rings. The number of nitrogens with zero attached hydrogens (tertiary/aromatic N) is 5. The van der Waals surface area contributed by atoms with Crippen LogP contribution in [0.3, 0.4) is 0 Å². The zero-order valence-electron chi connectivity index (χ0n) is 18.9. The summed E-state index contributed by atoms with van der Waals surface area (Å²) >= 11 is 0. The summed E-state index contributed by atoms with van der Waals surface area (Å²) in [5.41, 5.74) is 3.64. The molecule has 10 heteroatoms. The van der Waals surface area contributed by atoms with Gasteiger partial charge in [0.05, 0.1) is 28.7 Å². The van der Waals surface area contributed by atoms with Crippen LogP contribution in [-0.4, -0.2) is 59.2 Å². The largest absolute Gasteiger partial charge is 0.390 e. The number of aliphatic hydroxyl groups excluding tert-OH is 1. The first kappa shape index (κ1) is 21.2. The van der Waals surface area contributed by atoms with Crippen LogP contribution in [0.4, 0.5) is 0 Å². The van der Waals surface area contributed by atoms with Crippen molar-refractivity contribution in [2.75, 3.05) is 19.7 Å². The Bertz CT molecular complexity index is 1720. The number of likely N-dealkylation sites (tertiary alicyclic amines) is 1. The minimum Gasteiger partial charge on any atom is -0.390 e. The van der Waals surface area contributed by atoms with Gasteiger partial charge in [-0.1, -0.05) is 6.58 Å². The van der Waals surface area contributed by atoms with E-state index in [2.05, 4.69) is 26.5 Å². The highest BCUT2D eigenvalue weighted by Gasteiger charge is 2.25. The standard InChI is InChI=1S/C25H23N7O3/c1-14(13-33)31-9-6-15(7-10-31)32-22-18(24(34)30-25(32)35)12-27-20-5-4-19(29-21(20)22)17-11-28-23-16(17)3-2-8-26-23/h2-5,8,11-12,15,33H,1,6-7,9-10,13H2,(H,26,28)(H,30,34,35). The van der Waals surface area contributed by atoms with Crippen LogP contribution < -0.4 is 11.2 Å². The predicted molar refractivity (Wildman–Crippen MR) is 133 cm³/mol. The van der Waals surface area contributed by atoms with Crippen molar-refractivity contribution in [1.29, 1.82) is 0 Å². The van der Waals surface area contributed by atoms with Gasteiger partial charge in [0.25, 0.3) is 5.56 Å². The number of aromatic nitrogens is 6. The number of aromatic amines is 2. The summed E-state index contributed by atoms with van der Waals surface area (Å²) in [6.45, 7) is 5.11. The van der Waals surface area contributed by atoms with Crippen molar-refractivity contribution in [3.63, 3.8) is 0 Å². The molecule has 0 spiro atoms. The van der Waals surface area contributed by atoms with E-state index in [0.29, 0.717) is 59.3 Å². The molecule has 0 amide bonds. The van der Waals surface area contributed by atoms with Crippen LogP contribution in [0.2, 0.25) is 0 Å². The number of H-pyrrole nitrogens is 2. The van der Waals surface area contributed by atoms with Gasteiger partial charge in [-0.2, -0.15) is 0 Å². The number of aliphatic hydroxyl groups is 1. The summed E-state index contributed by atoms with van der Waals surface area (Å²) in [6, 6.07) is 7.43. The lowest BCUT2D eigenvalue weighted by molar-refractivity contribution is 0.195. The van der Waals surface area contributed by atoms with Gasteiger partial charge < -0.3 is 15.0 Å². The molecule has 10 nitrogen and oxygen atoms in total. The fraction of sp³-hybridized carbons (Fsp3) is 0.240. The summed E-state index contributed by atoms with van der Waals surface area (Å²) in [5.74, 6) is 0. The second kappa shape index (κ2) is 8.17. The maximum absolute atomic E-state index is 13.1. The third-order valence-electron chi connectivity index (χ3n) is 6.80. The van der Waals surface area contributed by atoms with Crippen molar-refractivity contribution in [3.05, 3.63) is 76.0 Å². The van der Waals surface area contributed by atoms with Crippen LogP contribution in [0.5, 0.6) is 0 Å². The summed E-state index contributed by atoms with van der Waals surface area (Å²) in [7, 11) is 0. The monoisotopic (exact) mass is 469 g/mol. The Morgan fingerprint density at radius 3 is 2.77 bits per heavy atom. The highest BCUT2D eigenvalue weighted by atomic mass is 16.3. The fourth-order valence-electron chi connectivity index (χ4n) is 5.00. The second-order valence-corrected chi connectivity index (χ2v) is 8.76. The number of piperidine rings is 1. The van der Waals surface area contributed by atoms with E-state index in [1.54, 1.807) is 10.8 Å². The predicted octanol–water partition coefficient (Wildman–Crippen LogP) is 2.32. The molecular weight excluding hydrogens is 446 g/mol. The molecule has 35 heavy (non-hydrogen) atoms. The summed E-state index contributed by atoms with van der Waals surface area (Å²) in [4.78, 5) is 47.2. The Hall–Kier alpha value is -4.31. The summed E-state index contributed by atoms with van der Waals surface area (Å²) in [5, 5.41) is 10.7. The molecule has 0 aromatic carbocycles. The Morgan fingerprint density at radius 1 is 1.14 bits per heavy atom. The van der Waals surface area contributed by atoms with Crippen LogP contribution in [-0.2, 0) is 0 Å². The lowest BCUT2D eigenvalue weighted by atomic mass is 10.0.